The second-order valence-electron chi connectivity index (χ2n) is 4.45. The molecule has 4 heteroatoms. The lowest BCUT2D eigenvalue weighted by Gasteiger charge is -2.30. The van der Waals surface area contributed by atoms with Crippen molar-refractivity contribution < 1.29 is 14.6 Å². The topological polar surface area (TPSA) is 38.7 Å². The third-order valence-electron chi connectivity index (χ3n) is 2.63. The summed E-state index contributed by atoms with van der Waals surface area (Å²) in [7, 11) is 0. The molecule has 1 aliphatic heterocycles. The van der Waals surface area contributed by atoms with Crippen molar-refractivity contribution in [3.63, 3.8) is 0 Å². The summed E-state index contributed by atoms with van der Waals surface area (Å²) in [6.45, 7) is 8.25. The summed E-state index contributed by atoms with van der Waals surface area (Å²) in [6, 6.07) is 0. The molecule has 0 amide bonds. The highest BCUT2D eigenvalue weighted by molar-refractivity contribution is 8.00. The molecule has 1 aliphatic rings. The van der Waals surface area contributed by atoms with E-state index < -0.39 is 6.29 Å². The second-order valence-corrected chi connectivity index (χ2v) is 6.13. The fourth-order valence-electron chi connectivity index (χ4n) is 1.48. The molecule has 1 saturated heterocycles. The van der Waals surface area contributed by atoms with E-state index in [1.165, 1.54) is 0 Å². The molecule has 1 fully saturated rings. The van der Waals surface area contributed by atoms with Crippen LogP contribution in [0.1, 0.15) is 27.2 Å². The molecule has 0 aliphatic carbocycles. The first-order chi connectivity index (χ1) is 7.06. The van der Waals surface area contributed by atoms with Crippen LogP contribution in [0.25, 0.3) is 0 Å². The number of aliphatic hydroxyl groups is 1. The van der Waals surface area contributed by atoms with Crippen LogP contribution in [0.5, 0.6) is 0 Å². The van der Waals surface area contributed by atoms with Crippen LogP contribution in [0.15, 0.2) is 0 Å². The van der Waals surface area contributed by atoms with Crippen LogP contribution in [0, 0.1) is 5.92 Å². The van der Waals surface area contributed by atoms with E-state index in [9.17, 15) is 5.11 Å². The summed E-state index contributed by atoms with van der Waals surface area (Å²) in [4.78, 5) is 0. The maximum absolute atomic E-state index is 9.78. The van der Waals surface area contributed by atoms with Crippen LogP contribution < -0.4 is 0 Å². The van der Waals surface area contributed by atoms with E-state index in [-0.39, 0.29) is 4.75 Å². The van der Waals surface area contributed by atoms with Gasteiger partial charge in [-0.3, -0.25) is 0 Å². The number of hydrogen-bond donors (Lipinski definition) is 1. The van der Waals surface area contributed by atoms with Gasteiger partial charge in [-0.25, -0.2) is 0 Å². The monoisotopic (exact) mass is 234 g/mol. The van der Waals surface area contributed by atoms with Crippen molar-refractivity contribution in [1.29, 1.82) is 0 Å². The van der Waals surface area contributed by atoms with Crippen LogP contribution in [-0.4, -0.2) is 41.7 Å². The SMILES string of the molecule is CCOC(O)C(C)(C)SCC1CCOC1. The van der Waals surface area contributed by atoms with Gasteiger partial charge in [-0.15, -0.1) is 0 Å². The van der Waals surface area contributed by atoms with Gasteiger partial charge in [0.15, 0.2) is 6.29 Å². The number of thioether (sulfide) groups is 1. The largest absolute Gasteiger partial charge is 0.381 e. The molecule has 15 heavy (non-hydrogen) atoms. The maximum atomic E-state index is 9.78. The summed E-state index contributed by atoms with van der Waals surface area (Å²) in [5.41, 5.74) is 0. The smallest absolute Gasteiger partial charge is 0.168 e. The van der Waals surface area contributed by atoms with Gasteiger partial charge >= 0.3 is 0 Å². The molecule has 2 atom stereocenters. The highest BCUT2D eigenvalue weighted by Crippen LogP contribution is 2.32. The van der Waals surface area contributed by atoms with E-state index in [0.29, 0.717) is 12.5 Å². The highest BCUT2D eigenvalue weighted by Gasteiger charge is 2.30. The molecule has 0 aromatic rings. The Morgan fingerprint density at radius 1 is 1.60 bits per heavy atom. The van der Waals surface area contributed by atoms with Crippen molar-refractivity contribution >= 4 is 11.8 Å². The third kappa shape index (κ3) is 4.31. The summed E-state index contributed by atoms with van der Waals surface area (Å²) < 4.78 is 10.3. The zero-order valence-corrected chi connectivity index (χ0v) is 10.7. The fourth-order valence-corrected chi connectivity index (χ4v) is 2.62. The number of ether oxygens (including phenoxy) is 2. The van der Waals surface area contributed by atoms with Crippen LogP contribution in [0.2, 0.25) is 0 Å². The van der Waals surface area contributed by atoms with Gasteiger partial charge in [0, 0.05) is 13.2 Å². The standard InChI is InChI=1S/C11H22O3S/c1-4-14-10(12)11(2,3)15-8-9-5-6-13-7-9/h9-10,12H,4-8H2,1-3H3. The normalized spacial score (nSPS) is 24.4. The van der Waals surface area contributed by atoms with Crippen molar-refractivity contribution in [3.05, 3.63) is 0 Å². The molecular weight excluding hydrogens is 212 g/mol. The van der Waals surface area contributed by atoms with Gasteiger partial charge in [0.2, 0.25) is 0 Å². The van der Waals surface area contributed by atoms with Gasteiger partial charge in [0.1, 0.15) is 0 Å². The van der Waals surface area contributed by atoms with Crippen molar-refractivity contribution in [2.24, 2.45) is 5.92 Å². The Balaban J connectivity index is 2.27. The molecule has 0 aromatic carbocycles. The van der Waals surface area contributed by atoms with Gasteiger partial charge in [-0.1, -0.05) is 0 Å². The fraction of sp³-hybridized carbons (Fsp3) is 1.00. The van der Waals surface area contributed by atoms with E-state index in [1.807, 2.05) is 20.8 Å². The molecule has 1 heterocycles. The Labute approximate surface area is 96.5 Å². The molecule has 3 nitrogen and oxygen atoms in total. The molecule has 0 radical (unpaired) electrons. The zero-order valence-electron chi connectivity index (χ0n) is 9.86. The predicted octanol–water partition coefficient (Wildman–Crippen LogP) is 1.89. The molecule has 0 spiro atoms. The lowest BCUT2D eigenvalue weighted by atomic mass is 10.2. The minimum absolute atomic E-state index is 0.237. The molecule has 0 saturated carbocycles. The number of hydrogen-bond acceptors (Lipinski definition) is 4. The van der Waals surface area contributed by atoms with Crippen LogP contribution in [-0.2, 0) is 9.47 Å². The molecule has 1 N–H and O–H groups in total. The molecule has 1 rings (SSSR count). The van der Waals surface area contributed by atoms with E-state index in [4.69, 9.17) is 9.47 Å². The average Bonchev–Trinajstić information content (AvgIpc) is 2.68. The van der Waals surface area contributed by atoms with Crippen LogP contribution in [0.4, 0.5) is 0 Å². The molecule has 0 aromatic heterocycles. The first kappa shape index (κ1) is 13.3. The number of rotatable bonds is 6. The Morgan fingerprint density at radius 3 is 2.87 bits per heavy atom. The molecule has 0 bridgehead atoms. The van der Waals surface area contributed by atoms with Gasteiger partial charge in [0.25, 0.3) is 0 Å². The third-order valence-corrected chi connectivity index (χ3v) is 4.22. The second kappa shape index (κ2) is 6.09. The van der Waals surface area contributed by atoms with Gasteiger partial charge in [-0.05, 0) is 38.9 Å². The Hall–Kier alpha value is 0.230. The molecule has 90 valence electrons. The minimum Gasteiger partial charge on any atom is -0.381 e. The predicted molar refractivity (Wildman–Crippen MR) is 63.1 cm³/mol. The zero-order chi connectivity index (χ0) is 11.3. The van der Waals surface area contributed by atoms with Crippen molar-refractivity contribution in [3.8, 4) is 0 Å². The first-order valence-corrected chi connectivity index (χ1v) is 6.56. The quantitative estimate of drug-likeness (QED) is 0.712. The van der Waals surface area contributed by atoms with E-state index in [0.717, 1.165) is 25.4 Å². The summed E-state index contributed by atoms with van der Waals surface area (Å²) >= 11 is 1.77. The number of aliphatic hydroxyl groups excluding tert-OH is 1. The van der Waals surface area contributed by atoms with E-state index >= 15 is 0 Å². The summed E-state index contributed by atoms with van der Waals surface area (Å²) in [5.74, 6) is 1.68. The van der Waals surface area contributed by atoms with Crippen LogP contribution in [0.3, 0.4) is 0 Å². The lowest BCUT2D eigenvalue weighted by Crippen LogP contribution is -2.36. The lowest BCUT2D eigenvalue weighted by molar-refractivity contribution is -0.111. The average molecular weight is 234 g/mol. The van der Waals surface area contributed by atoms with Gasteiger partial charge in [-0.2, -0.15) is 11.8 Å². The van der Waals surface area contributed by atoms with E-state index in [1.54, 1.807) is 11.8 Å². The Morgan fingerprint density at radius 2 is 2.33 bits per heavy atom. The maximum Gasteiger partial charge on any atom is 0.168 e. The van der Waals surface area contributed by atoms with Crippen molar-refractivity contribution in [1.82, 2.24) is 0 Å². The highest BCUT2D eigenvalue weighted by atomic mass is 32.2. The Kier molecular flexibility index (Phi) is 5.39. The van der Waals surface area contributed by atoms with Crippen molar-refractivity contribution in [2.45, 2.75) is 38.2 Å². The van der Waals surface area contributed by atoms with Gasteiger partial charge in [0.05, 0.1) is 11.4 Å². The van der Waals surface area contributed by atoms with Crippen molar-refractivity contribution in [2.75, 3.05) is 25.6 Å². The van der Waals surface area contributed by atoms with Gasteiger partial charge < -0.3 is 14.6 Å². The molecule has 2 unspecified atom stereocenters. The minimum atomic E-state index is -0.685. The van der Waals surface area contributed by atoms with E-state index in [2.05, 4.69) is 0 Å². The summed E-state index contributed by atoms with van der Waals surface area (Å²) in [5, 5.41) is 9.78. The van der Waals surface area contributed by atoms with Crippen LogP contribution >= 0.6 is 11.8 Å². The Bertz CT molecular complexity index is 179. The molecular formula is C11H22O3S. The first-order valence-electron chi connectivity index (χ1n) is 5.57. The summed E-state index contributed by atoms with van der Waals surface area (Å²) in [6.07, 6.45) is 0.461.